The summed E-state index contributed by atoms with van der Waals surface area (Å²) < 4.78 is 10.3. The normalized spacial score (nSPS) is 14.2. The highest BCUT2D eigenvalue weighted by Gasteiger charge is 2.26. The zero-order valence-electron chi connectivity index (χ0n) is 21.1. The third-order valence-electron chi connectivity index (χ3n) is 6.29. The maximum atomic E-state index is 11.0. The minimum absolute atomic E-state index is 0.118. The van der Waals surface area contributed by atoms with Gasteiger partial charge in [0.2, 0.25) is 0 Å². The minimum Gasteiger partial charge on any atom is -0.388 e. The van der Waals surface area contributed by atoms with Gasteiger partial charge in [-0.05, 0) is 72.4 Å². The third-order valence-corrected chi connectivity index (χ3v) is 6.52. The van der Waals surface area contributed by atoms with Crippen molar-refractivity contribution in [1.82, 2.24) is 4.98 Å². The highest BCUT2D eigenvalue weighted by atomic mass is 35.5. The largest absolute Gasteiger partial charge is 0.388 e. The molecular formula is C31H32ClNO4. The standard InChI is InChI=1S/C31H32ClNO4/c1-31(35,20-37-21-36-2)28-9-4-3-7-23(28)13-17-30(34)25-8-5-6-22(18-25)10-15-27-16-12-24-11-14-26(32)19-29(24)33-27/h3-12,14-16,18-19,30,34-35H,13,17,20-21H2,1-2H3/t30?,31-/m1/s1. The molecule has 4 rings (SSSR count). The van der Waals surface area contributed by atoms with Gasteiger partial charge in [0.1, 0.15) is 12.4 Å². The molecule has 0 aliphatic heterocycles. The predicted molar refractivity (Wildman–Crippen MR) is 149 cm³/mol. The van der Waals surface area contributed by atoms with Crippen molar-refractivity contribution in [3.63, 3.8) is 0 Å². The summed E-state index contributed by atoms with van der Waals surface area (Å²) in [4.78, 5) is 4.67. The van der Waals surface area contributed by atoms with Gasteiger partial charge in [-0.3, -0.25) is 0 Å². The van der Waals surface area contributed by atoms with Gasteiger partial charge in [0.05, 0.1) is 23.9 Å². The molecule has 3 aromatic carbocycles. The fourth-order valence-corrected chi connectivity index (χ4v) is 4.54. The molecule has 0 aliphatic rings. The second-order valence-electron chi connectivity index (χ2n) is 9.32. The average Bonchev–Trinajstić information content (AvgIpc) is 2.90. The first kappa shape index (κ1) is 27.0. The Morgan fingerprint density at radius 2 is 1.81 bits per heavy atom. The first-order valence-electron chi connectivity index (χ1n) is 12.3. The summed E-state index contributed by atoms with van der Waals surface area (Å²) in [5, 5.41) is 23.6. The summed E-state index contributed by atoms with van der Waals surface area (Å²) in [7, 11) is 1.55. The van der Waals surface area contributed by atoms with Crippen molar-refractivity contribution < 1.29 is 19.7 Å². The lowest BCUT2D eigenvalue weighted by Crippen LogP contribution is -2.29. The lowest BCUT2D eigenvalue weighted by molar-refractivity contribution is -0.0980. The Bertz CT molecular complexity index is 1370. The highest BCUT2D eigenvalue weighted by molar-refractivity contribution is 6.31. The smallest absolute Gasteiger partial charge is 0.146 e. The molecule has 0 fully saturated rings. The number of halogens is 1. The Morgan fingerprint density at radius 3 is 2.65 bits per heavy atom. The number of hydrogen-bond donors (Lipinski definition) is 2. The van der Waals surface area contributed by atoms with Crippen molar-refractivity contribution >= 4 is 34.7 Å². The lowest BCUT2D eigenvalue weighted by atomic mass is 9.89. The van der Waals surface area contributed by atoms with E-state index in [1.165, 1.54) is 0 Å². The van der Waals surface area contributed by atoms with E-state index < -0.39 is 11.7 Å². The molecule has 37 heavy (non-hydrogen) atoms. The molecule has 0 saturated heterocycles. The zero-order chi connectivity index (χ0) is 26.3. The minimum atomic E-state index is -1.16. The topological polar surface area (TPSA) is 71.8 Å². The molecule has 1 aromatic heterocycles. The third kappa shape index (κ3) is 7.25. The number of aromatic nitrogens is 1. The van der Waals surface area contributed by atoms with Crippen molar-refractivity contribution in [2.75, 3.05) is 20.5 Å². The summed E-state index contributed by atoms with van der Waals surface area (Å²) in [6.07, 6.45) is 4.43. The van der Waals surface area contributed by atoms with Gasteiger partial charge in [-0.1, -0.05) is 72.3 Å². The van der Waals surface area contributed by atoms with Crippen molar-refractivity contribution in [2.45, 2.75) is 31.5 Å². The van der Waals surface area contributed by atoms with Crippen molar-refractivity contribution in [3.8, 4) is 0 Å². The van der Waals surface area contributed by atoms with Crippen LogP contribution in [0.15, 0.2) is 78.9 Å². The summed E-state index contributed by atoms with van der Waals surface area (Å²) >= 11 is 6.11. The number of pyridine rings is 1. The van der Waals surface area contributed by atoms with Crippen LogP contribution >= 0.6 is 11.6 Å². The number of nitrogens with zero attached hydrogens (tertiary/aromatic N) is 1. The van der Waals surface area contributed by atoms with Crippen LogP contribution in [-0.2, 0) is 21.5 Å². The fourth-order valence-electron chi connectivity index (χ4n) is 4.37. The van der Waals surface area contributed by atoms with E-state index in [9.17, 15) is 10.2 Å². The molecule has 0 saturated carbocycles. The van der Waals surface area contributed by atoms with Crippen LogP contribution in [0.4, 0.5) is 0 Å². The lowest BCUT2D eigenvalue weighted by Gasteiger charge is -2.26. The number of aliphatic hydroxyl groups excluding tert-OH is 1. The Hall–Kier alpha value is -3.06. The molecule has 5 nitrogen and oxygen atoms in total. The predicted octanol–water partition coefficient (Wildman–Crippen LogP) is 6.55. The first-order chi connectivity index (χ1) is 17.9. The molecule has 0 radical (unpaired) electrons. The molecule has 192 valence electrons. The molecule has 2 N–H and O–H groups in total. The van der Waals surface area contributed by atoms with E-state index in [-0.39, 0.29) is 13.4 Å². The number of benzene rings is 3. The van der Waals surface area contributed by atoms with E-state index in [1.807, 2.05) is 91.0 Å². The number of fused-ring (bicyclic) bond motifs is 1. The molecule has 1 heterocycles. The van der Waals surface area contributed by atoms with Gasteiger partial charge in [0, 0.05) is 17.5 Å². The molecule has 0 spiro atoms. The quantitative estimate of drug-likeness (QED) is 0.174. The Labute approximate surface area is 223 Å². The van der Waals surface area contributed by atoms with Crippen molar-refractivity contribution in [2.24, 2.45) is 0 Å². The van der Waals surface area contributed by atoms with Crippen LogP contribution in [0.1, 0.15) is 47.4 Å². The second-order valence-corrected chi connectivity index (χ2v) is 9.75. The number of methoxy groups -OCH3 is 1. The van der Waals surface area contributed by atoms with E-state index in [0.717, 1.165) is 38.9 Å². The van der Waals surface area contributed by atoms with Crippen molar-refractivity contribution in [3.05, 3.63) is 112 Å². The SMILES string of the molecule is COCOC[C@@](C)(O)c1ccccc1CCC(O)c1cccc(C=Cc2ccc3ccc(Cl)cc3n2)c1. The Balaban J connectivity index is 1.43. The summed E-state index contributed by atoms with van der Waals surface area (Å²) in [5.41, 5.74) is 4.11. The summed E-state index contributed by atoms with van der Waals surface area (Å²) in [5.74, 6) is 0. The van der Waals surface area contributed by atoms with Crippen LogP contribution in [-0.4, -0.2) is 35.7 Å². The van der Waals surface area contributed by atoms with Gasteiger partial charge in [-0.25, -0.2) is 4.98 Å². The van der Waals surface area contributed by atoms with Gasteiger partial charge in [0.25, 0.3) is 0 Å². The van der Waals surface area contributed by atoms with Crippen LogP contribution in [0.2, 0.25) is 5.02 Å². The number of ether oxygens (including phenoxy) is 2. The fraction of sp³-hybridized carbons (Fsp3) is 0.258. The van der Waals surface area contributed by atoms with Gasteiger partial charge >= 0.3 is 0 Å². The van der Waals surface area contributed by atoms with Gasteiger partial charge in [-0.15, -0.1) is 0 Å². The Kier molecular flexibility index (Phi) is 9.09. The van der Waals surface area contributed by atoms with Gasteiger partial charge < -0.3 is 19.7 Å². The van der Waals surface area contributed by atoms with E-state index in [4.69, 9.17) is 21.1 Å². The van der Waals surface area contributed by atoms with Crippen LogP contribution in [0, 0.1) is 0 Å². The first-order valence-corrected chi connectivity index (χ1v) is 12.6. The average molecular weight is 518 g/mol. The van der Waals surface area contributed by atoms with E-state index in [2.05, 4.69) is 4.98 Å². The van der Waals surface area contributed by atoms with E-state index in [1.54, 1.807) is 14.0 Å². The number of hydrogen-bond acceptors (Lipinski definition) is 5. The Morgan fingerprint density at radius 1 is 1.00 bits per heavy atom. The molecule has 0 bridgehead atoms. The van der Waals surface area contributed by atoms with E-state index in [0.29, 0.717) is 17.9 Å². The maximum Gasteiger partial charge on any atom is 0.146 e. The van der Waals surface area contributed by atoms with Crippen LogP contribution in [0.3, 0.4) is 0 Å². The highest BCUT2D eigenvalue weighted by Crippen LogP contribution is 2.28. The van der Waals surface area contributed by atoms with Gasteiger partial charge in [0.15, 0.2) is 0 Å². The number of rotatable bonds is 11. The molecular weight excluding hydrogens is 486 g/mol. The van der Waals surface area contributed by atoms with E-state index >= 15 is 0 Å². The monoisotopic (exact) mass is 517 g/mol. The number of aliphatic hydroxyl groups is 2. The second kappa shape index (κ2) is 12.5. The van der Waals surface area contributed by atoms with Gasteiger partial charge in [-0.2, -0.15) is 0 Å². The molecule has 0 amide bonds. The maximum absolute atomic E-state index is 11.0. The summed E-state index contributed by atoms with van der Waals surface area (Å²) in [6, 6.07) is 25.2. The zero-order valence-corrected chi connectivity index (χ0v) is 21.9. The summed E-state index contributed by atoms with van der Waals surface area (Å²) in [6.45, 7) is 1.97. The molecule has 6 heteroatoms. The van der Waals surface area contributed by atoms with Crippen molar-refractivity contribution in [1.29, 1.82) is 0 Å². The molecule has 4 aromatic rings. The molecule has 0 aliphatic carbocycles. The van der Waals surface area contributed by atoms with Crippen LogP contribution < -0.4 is 0 Å². The molecule has 1 unspecified atom stereocenters. The van der Waals surface area contributed by atoms with Crippen LogP contribution in [0.5, 0.6) is 0 Å². The van der Waals surface area contributed by atoms with Crippen LogP contribution in [0.25, 0.3) is 23.1 Å². The number of aryl methyl sites for hydroxylation is 1. The molecule has 2 atom stereocenters.